The van der Waals surface area contributed by atoms with Crippen molar-refractivity contribution in [3.8, 4) is 0 Å². The van der Waals surface area contributed by atoms with Gasteiger partial charge >= 0.3 is 0 Å². The Hall–Kier alpha value is -1.18. The van der Waals surface area contributed by atoms with E-state index in [4.69, 9.17) is 0 Å². The van der Waals surface area contributed by atoms with Gasteiger partial charge in [0.2, 0.25) is 0 Å². The highest BCUT2D eigenvalue weighted by Crippen LogP contribution is 1.94. The Morgan fingerprint density at radius 1 is 1.09 bits per heavy atom. The number of carbonyl (C=O) groups is 2. The average Bonchev–Trinajstić information content (AvgIpc) is 1.87. The molecular formula is C9H10O2. The van der Waals surface area contributed by atoms with Crippen molar-refractivity contribution in [1.29, 1.82) is 0 Å². The molecular weight excluding hydrogens is 140 g/mol. The summed E-state index contributed by atoms with van der Waals surface area (Å²) in [6.45, 7) is 6.72. The predicted octanol–water partition coefficient (Wildman–Crippen LogP) is 1.36. The first-order valence-electron chi connectivity index (χ1n) is 3.25. The molecule has 0 N–H and O–H groups in total. The lowest BCUT2D eigenvalue weighted by Crippen LogP contribution is -2.06. The van der Waals surface area contributed by atoms with Crippen LogP contribution in [0.4, 0.5) is 0 Å². The Labute approximate surface area is 66.6 Å². The number of hydrogen-bond donors (Lipinski definition) is 0. The van der Waals surface area contributed by atoms with Crippen molar-refractivity contribution in [3.05, 3.63) is 31.7 Å². The molecule has 58 valence electrons. The van der Waals surface area contributed by atoms with Crippen LogP contribution in [0.3, 0.4) is 0 Å². The molecule has 0 aliphatic rings. The van der Waals surface area contributed by atoms with Crippen molar-refractivity contribution < 1.29 is 9.59 Å². The Morgan fingerprint density at radius 2 is 1.45 bits per heavy atom. The number of Topliss-reactive ketones (excluding diaryl/α,β-unsaturated/α-hetero) is 2. The van der Waals surface area contributed by atoms with Gasteiger partial charge < -0.3 is 0 Å². The molecule has 0 fully saturated rings. The van der Waals surface area contributed by atoms with Gasteiger partial charge in [0.15, 0.2) is 11.6 Å². The van der Waals surface area contributed by atoms with Gasteiger partial charge in [0.25, 0.3) is 0 Å². The molecule has 2 radical (unpaired) electrons. The third kappa shape index (κ3) is 5.27. The van der Waals surface area contributed by atoms with Gasteiger partial charge in [-0.2, -0.15) is 0 Å². The summed E-state index contributed by atoms with van der Waals surface area (Å²) in [5.41, 5.74) is 0. The van der Waals surface area contributed by atoms with Crippen LogP contribution < -0.4 is 0 Å². The average molecular weight is 150 g/mol. The second-order valence-corrected chi connectivity index (χ2v) is 1.96. The number of carbonyl (C=O) groups excluding carboxylic acids is 2. The summed E-state index contributed by atoms with van der Waals surface area (Å²) >= 11 is 0. The molecule has 0 spiro atoms. The van der Waals surface area contributed by atoms with Gasteiger partial charge in [-0.3, -0.25) is 9.59 Å². The summed E-state index contributed by atoms with van der Waals surface area (Å²) in [6, 6.07) is 0. The van der Waals surface area contributed by atoms with Gasteiger partial charge in [-0.05, 0) is 0 Å². The third-order valence-corrected chi connectivity index (χ3v) is 0.938. The molecule has 0 heterocycles. The van der Waals surface area contributed by atoms with Gasteiger partial charge in [0, 0.05) is 12.8 Å². The van der Waals surface area contributed by atoms with Crippen LogP contribution in [0.1, 0.15) is 12.8 Å². The zero-order valence-corrected chi connectivity index (χ0v) is 6.30. The molecule has 0 unspecified atom stereocenters. The first-order chi connectivity index (χ1) is 5.20. The second-order valence-electron chi connectivity index (χ2n) is 1.96. The first-order valence-corrected chi connectivity index (χ1v) is 3.25. The maximum atomic E-state index is 10.7. The highest BCUT2D eigenvalue weighted by Gasteiger charge is 2.07. The van der Waals surface area contributed by atoms with Crippen LogP contribution in [-0.2, 0) is 9.59 Å². The van der Waals surface area contributed by atoms with Crippen molar-refractivity contribution in [1.82, 2.24) is 0 Å². The van der Waals surface area contributed by atoms with Crippen molar-refractivity contribution in [2.75, 3.05) is 0 Å². The number of ketones is 2. The van der Waals surface area contributed by atoms with E-state index in [1.165, 1.54) is 12.2 Å². The number of rotatable bonds is 6. The third-order valence-electron chi connectivity index (χ3n) is 0.938. The Morgan fingerprint density at radius 3 is 1.73 bits per heavy atom. The summed E-state index contributed by atoms with van der Waals surface area (Å²) in [5, 5.41) is 0. The van der Waals surface area contributed by atoms with Gasteiger partial charge in [-0.1, -0.05) is 12.2 Å². The normalized spacial score (nSPS) is 8.73. The Balaban J connectivity index is 3.65. The minimum absolute atomic E-state index is 0.170. The fraction of sp³-hybridized carbons (Fsp3) is 0.222. The van der Waals surface area contributed by atoms with Crippen LogP contribution in [0.15, 0.2) is 25.3 Å². The minimum atomic E-state index is -0.327. The van der Waals surface area contributed by atoms with E-state index in [2.05, 4.69) is 19.6 Å². The van der Waals surface area contributed by atoms with E-state index in [0.717, 1.165) is 0 Å². The summed E-state index contributed by atoms with van der Waals surface area (Å²) in [7, 11) is 0. The SMILES string of the molecule is C=CCC(=O)[C]C(=O)CC=C. The van der Waals surface area contributed by atoms with E-state index in [-0.39, 0.29) is 24.4 Å². The molecule has 2 nitrogen and oxygen atoms in total. The van der Waals surface area contributed by atoms with E-state index < -0.39 is 0 Å². The van der Waals surface area contributed by atoms with Crippen molar-refractivity contribution in [2.24, 2.45) is 0 Å². The highest BCUT2D eigenvalue weighted by molar-refractivity contribution is 6.11. The molecule has 0 aliphatic heterocycles. The van der Waals surface area contributed by atoms with Gasteiger partial charge in [-0.25, -0.2) is 0 Å². The molecule has 0 saturated heterocycles. The molecule has 0 saturated carbocycles. The molecule has 0 aromatic carbocycles. The molecule has 0 rings (SSSR count). The molecule has 0 aromatic rings. The largest absolute Gasteiger partial charge is 0.298 e. The predicted molar refractivity (Wildman–Crippen MR) is 42.9 cm³/mol. The quantitative estimate of drug-likeness (QED) is 0.536. The van der Waals surface area contributed by atoms with Gasteiger partial charge in [0.1, 0.15) is 6.42 Å². The fourth-order valence-electron chi connectivity index (χ4n) is 0.520. The van der Waals surface area contributed by atoms with Crippen LogP contribution >= 0.6 is 0 Å². The number of hydrogen-bond acceptors (Lipinski definition) is 2. The van der Waals surface area contributed by atoms with E-state index in [1.54, 1.807) is 0 Å². The fourth-order valence-corrected chi connectivity index (χ4v) is 0.520. The lowest BCUT2D eigenvalue weighted by atomic mass is 10.1. The van der Waals surface area contributed by atoms with E-state index in [9.17, 15) is 9.59 Å². The molecule has 0 aromatic heterocycles. The molecule has 0 aliphatic carbocycles. The Bertz CT molecular complexity index is 160. The van der Waals surface area contributed by atoms with Crippen LogP contribution in [0, 0.1) is 6.42 Å². The second kappa shape index (κ2) is 5.59. The van der Waals surface area contributed by atoms with Gasteiger partial charge in [0.05, 0.1) is 0 Å². The lowest BCUT2D eigenvalue weighted by Gasteiger charge is -1.91. The van der Waals surface area contributed by atoms with Crippen LogP contribution in [0.25, 0.3) is 0 Å². The number of allylic oxidation sites excluding steroid dienone is 2. The van der Waals surface area contributed by atoms with Crippen molar-refractivity contribution in [3.63, 3.8) is 0 Å². The molecule has 11 heavy (non-hydrogen) atoms. The van der Waals surface area contributed by atoms with Gasteiger partial charge in [-0.15, -0.1) is 13.2 Å². The topological polar surface area (TPSA) is 34.1 Å². The van der Waals surface area contributed by atoms with E-state index in [0.29, 0.717) is 0 Å². The monoisotopic (exact) mass is 150 g/mol. The highest BCUT2D eigenvalue weighted by atomic mass is 16.1. The maximum Gasteiger partial charge on any atom is 0.153 e. The molecule has 0 amide bonds. The Kier molecular flexibility index (Phi) is 4.99. The van der Waals surface area contributed by atoms with Crippen LogP contribution in [-0.4, -0.2) is 11.6 Å². The van der Waals surface area contributed by atoms with Crippen molar-refractivity contribution in [2.45, 2.75) is 12.8 Å². The lowest BCUT2D eigenvalue weighted by molar-refractivity contribution is -0.121. The summed E-state index contributed by atoms with van der Waals surface area (Å²) in [4.78, 5) is 21.4. The van der Waals surface area contributed by atoms with Crippen LogP contribution in [0.5, 0.6) is 0 Å². The zero-order valence-electron chi connectivity index (χ0n) is 6.30. The minimum Gasteiger partial charge on any atom is -0.298 e. The summed E-state index contributed by atoms with van der Waals surface area (Å²) in [6.07, 6.45) is 5.38. The maximum absolute atomic E-state index is 10.7. The molecule has 0 bridgehead atoms. The zero-order chi connectivity index (χ0) is 8.69. The summed E-state index contributed by atoms with van der Waals surface area (Å²) < 4.78 is 0. The smallest absolute Gasteiger partial charge is 0.153 e. The standard InChI is InChI=1S/C9H10O2/c1-3-5-8(10)7-9(11)6-4-2/h3-4H,1-2,5-6H2. The van der Waals surface area contributed by atoms with Crippen molar-refractivity contribution >= 4 is 11.6 Å². The molecule has 2 heteroatoms. The van der Waals surface area contributed by atoms with E-state index >= 15 is 0 Å². The summed E-state index contributed by atoms with van der Waals surface area (Å²) in [5.74, 6) is -0.654. The molecule has 0 atom stereocenters. The van der Waals surface area contributed by atoms with Crippen LogP contribution in [0.2, 0.25) is 0 Å². The first kappa shape index (κ1) is 9.82. The van der Waals surface area contributed by atoms with E-state index in [1.807, 2.05) is 0 Å².